The van der Waals surface area contributed by atoms with Crippen LogP contribution in [0, 0.1) is 0 Å². The zero-order valence-corrected chi connectivity index (χ0v) is 57.2. The van der Waals surface area contributed by atoms with Gasteiger partial charge in [-0.25, -0.2) is 4.79 Å². The van der Waals surface area contributed by atoms with Crippen LogP contribution in [0.25, 0.3) is 0 Å². The Labute approximate surface area is 556 Å². The topological polar surface area (TPSA) is 408 Å². The molecule has 4 fully saturated rings. The molecule has 94 heavy (non-hydrogen) atoms. The number of amides is 11. The van der Waals surface area contributed by atoms with Crippen molar-refractivity contribution in [1.82, 2.24) is 83.8 Å². The lowest BCUT2D eigenvalue weighted by Gasteiger charge is -2.34. The smallest absolute Gasteiger partial charge is 0.321 e. The van der Waals surface area contributed by atoms with Gasteiger partial charge in [0.1, 0.15) is 11.6 Å². The van der Waals surface area contributed by atoms with E-state index in [9.17, 15) is 52.7 Å². The summed E-state index contributed by atoms with van der Waals surface area (Å²) in [4.78, 5) is 145. The van der Waals surface area contributed by atoms with Crippen molar-refractivity contribution in [3.05, 3.63) is 0 Å². The molecule has 4 aliphatic rings. The number of Topliss-reactive ketones (excluding diaryl/α,β-unsaturated/α-hetero) is 1. The number of unbranched alkanes of at least 4 members (excludes halogenated alkanes) is 7. The Hall–Kier alpha value is -6.19. The van der Waals surface area contributed by atoms with Gasteiger partial charge in [-0.05, 0) is 139 Å². The number of fused-ring (bicyclic) bond motifs is 3. The molecule has 15 N–H and O–H groups in total. The first kappa shape index (κ1) is 82.0. The molecule has 31 heteroatoms. The predicted octanol–water partition coefficient (Wildman–Crippen LogP) is -3.04. The van der Waals surface area contributed by atoms with E-state index < -0.39 is 53.6 Å². The van der Waals surface area contributed by atoms with Crippen LogP contribution in [0.15, 0.2) is 0 Å². The number of hydrogen-bond acceptors (Lipinski definition) is 20. The van der Waals surface area contributed by atoms with Crippen molar-refractivity contribution < 1.29 is 67.0 Å². The second kappa shape index (κ2) is 48.5. The van der Waals surface area contributed by atoms with E-state index in [1.165, 1.54) is 9.80 Å². The van der Waals surface area contributed by atoms with Crippen LogP contribution in [0.1, 0.15) is 135 Å². The summed E-state index contributed by atoms with van der Waals surface area (Å²) >= 11 is 0. The number of nitrogens with one attached hydrogen (secondary N) is 13. The monoisotopic (exact) mass is 1340 g/mol. The van der Waals surface area contributed by atoms with E-state index in [0.29, 0.717) is 78.0 Å². The van der Waals surface area contributed by atoms with Crippen LogP contribution in [-0.4, -0.2) is 282 Å². The molecule has 0 aromatic rings. The van der Waals surface area contributed by atoms with E-state index in [2.05, 4.69) is 69.1 Å². The van der Waals surface area contributed by atoms with Gasteiger partial charge in [0.15, 0.2) is 5.78 Å². The summed E-state index contributed by atoms with van der Waals surface area (Å²) < 4.78 is 17.6. The van der Waals surface area contributed by atoms with Gasteiger partial charge < -0.3 is 104 Å². The van der Waals surface area contributed by atoms with E-state index in [1.54, 1.807) is 26.0 Å². The second-order valence-electron chi connectivity index (χ2n) is 24.8. The summed E-state index contributed by atoms with van der Waals surface area (Å²) in [6.45, 7) is 6.18. The first-order chi connectivity index (χ1) is 45.3. The molecule has 4 saturated heterocycles. The Balaban J connectivity index is 0.000000504. The number of nitrogens with zero attached hydrogens (tertiary/aromatic N) is 3. The fourth-order valence-electron chi connectivity index (χ4n) is 11.7. The lowest BCUT2D eigenvalue weighted by molar-refractivity contribution is -0.140. The third-order valence-corrected chi connectivity index (χ3v) is 16.5. The van der Waals surface area contributed by atoms with Crippen molar-refractivity contribution in [2.75, 3.05) is 160 Å². The van der Waals surface area contributed by atoms with Crippen LogP contribution in [0.5, 0.6) is 0 Å². The minimum Gasteiger partial charge on any atom is -0.379 e. The third kappa shape index (κ3) is 33.0. The van der Waals surface area contributed by atoms with Gasteiger partial charge in [0.25, 0.3) is 0 Å². The molecule has 4 heterocycles. The highest BCUT2D eigenvalue weighted by Gasteiger charge is 2.54. The standard InChI is InChI=1S/C37H65N9O6.C26H52N8O8/c1-38-17-11-5-4-8-14-32(47)41-26-20-29-35(50)30-21-27(42-33(48)15-9-6-12-18-39-2)24-45(30)37(52)46-25-28(22-31(46)36(51)44(29)23-26)43-34(49)16-10-7-13-19-40-3;1-28-15-23(37)31-9-4-12-40-18-26(34-22(36)8-7-21(27)35,19-41-13-5-10-32-24(38)16-29-2)20-42-14-6-11-33-25(39)17-30-3/h26-31,38-40H,4-25H2,1-3H3,(H,41,47)(H,42,48)(H,43,49);28-30H,4-20H2,1-3H3,(H2,27,35)(H,31,37)(H,32,38)(H,33,39)(H,34,36)/t26?,27?,28?,29-,30?,31-;/m0./s1. The summed E-state index contributed by atoms with van der Waals surface area (Å²) in [5.41, 5.74) is 4.12. The Morgan fingerprint density at radius 2 is 0.755 bits per heavy atom. The molecule has 0 bridgehead atoms. The summed E-state index contributed by atoms with van der Waals surface area (Å²) in [6.07, 6.45) is 12.5. The lowest BCUT2D eigenvalue weighted by Crippen LogP contribution is -2.58. The molecule has 0 spiro atoms. The van der Waals surface area contributed by atoms with Gasteiger partial charge >= 0.3 is 6.03 Å². The fourth-order valence-corrected chi connectivity index (χ4v) is 11.7. The fraction of sp³-hybridized carbons (Fsp3) is 0.825. The number of urea groups is 1. The van der Waals surface area contributed by atoms with Crippen molar-refractivity contribution in [1.29, 1.82) is 0 Å². The van der Waals surface area contributed by atoms with Gasteiger partial charge in [-0.3, -0.25) is 47.9 Å². The number of carbonyl (C=O) groups is 11. The van der Waals surface area contributed by atoms with Gasteiger partial charge in [-0.1, -0.05) is 25.7 Å². The van der Waals surface area contributed by atoms with Gasteiger partial charge in [-0.15, -0.1) is 0 Å². The number of likely N-dealkylation sites (N-methyl/N-ethyl adjacent to an activating group) is 3. The van der Waals surface area contributed by atoms with E-state index in [4.69, 9.17) is 19.9 Å². The van der Waals surface area contributed by atoms with Crippen LogP contribution in [0.2, 0.25) is 0 Å². The molecule has 31 nitrogen and oxygen atoms in total. The first-order valence-electron chi connectivity index (χ1n) is 34.1. The van der Waals surface area contributed by atoms with Gasteiger partial charge in [0, 0.05) is 109 Å². The largest absolute Gasteiger partial charge is 0.379 e. The number of ether oxygens (including phenoxy) is 3. The van der Waals surface area contributed by atoms with E-state index >= 15 is 0 Å². The first-order valence-corrected chi connectivity index (χ1v) is 34.1. The molecular formula is C63H117N17O14. The molecule has 4 rings (SSSR count). The number of ketones is 1. The summed E-state index contributed by atoms with van der Waals surface area (Å²) in [5, 5.41) is 38.1. The SMILES string of the molecule is CNCC(=O)NCCCOCC(COCCCNC(=O)CNC)(COCCCNC(=O)CNC)NC(=O)CCC(N)=O.CNCCCCCCC(=O)NC1C[C@H]2C(=O)C3CC(NC(=O)CCCCCNC)CN3C(=O)N3CC(NC(=O)CCCCCNC)C[C@H]3C(=O)N2C1. The second-order valence-corrected chi connectivity index (χ2v) is 24.8. The molecule has 4 unspecified atom stereocenters. The van der Waals surface area contributed by atoms with Gasteiger partial charge in [0.2, 0.25) is 53.2 Å². The molecule has 0 radical (unpaired) electrons. The maximum atomic E-state index is 14.3. The van der Waals surface area contributed by atoms with Gasteiger partial charge in [0.05, 0.1) is 51.5 Å². The van der Waals surface area contributed by atoms with Crippen LogP contribution in [0.3, 0.4) is 0 Å². The Kier molecular flexibility index (Phi) is 42.3. The Morgan fingerprint density at radius 1 is 0.404 bits per heavy atom. The molecule has 6 atom stereocenters. The Bertz CT molecular complexity index is 2160. The quantitative estimate of drug-likeness (QED) is 0.0269. The van der Waals surface area contributed by atoms with Crippen molar-refractivity contribution in [3.63, 3.8) is 0 Å². The maximum absolute atomic E-state index is 14.3. The van der Waals surface area contributed by atoms with E-state index in [1.807, 2.05) is 21.1 Å². The minimum absolute atomic E-state index is 0.0393. The molecule has 538 valence electrons. The van der Waals surface area contributed by atoms with Crippen LogP contribution >= 0.6 is 0 Å². The molecule has 11 amide bonds. The highest BCUT2D eigenvalue weighted by atomic mass is 16.5. The highest BCUT2D eigenvalue weighted by Crippen LogP contribution is 2.34. The number of hydrogen-bond donors (Lipinski definition) is 14. The predicted molar refractivity (Wildman–Crippen MR) is 355 cm³/mol. The zero-order valence-electron chi connectivity index (χ0n) is 57.2. The summed E-state index contributed by atoms with van der Waals surface area (Å²) in [7, 11) is 10.8. The molecule has 0 aliphatic carbocycles. The van der Waals surface area contributed by atoms with Crippen LogP contribution in [0.4, 0.5) is 4.79 Å². The van der Waals surface area contributed by atoms with Crippen molar-refractivity contribution in [2.24, 2.45) is 5.73 Å². The third-order valence-electron chi connectivity index (χ3n) is 16.5. The molecule has 4 aliphatic heterocycles. The van der Waals surface area contributed by atoms with Gasteiger partial charge in [-0.2, -0.15) is 0 Å². The van der Waals surface area contributed by atoms with Crippen LogP contribution in [-0.2, 0) is 62.2 Å². The Morgan fingerprint density at radius 3 is 1.14 bits per heavy atom. The highest BCUT2D eigenvalue weighted by molar-refractivity contribution is 6.00. The number of primary amides is 1. The number of nitrogens with two attached hydrogens (primary N) is 1. The van der Waals surface area contributed by atoms with Crippen molar-refractivity contribution >= 4 is 65.0 Å². The van der Waals surface area contributed by atoms with E-state index in [0.717, 1.165) is 83.8 Å². The average Bonchev–Trinajstić information content (AvgIpc) is 1.60. The molecule has 0 aromatic heterocycles. The number of carbonyl (C=O) groups excluding carboxylic acids is 11. The van der Waals surface area contributed by atoms with Crippen molar-refractivity contribution in [3.8, 4) is 0 Å². The minimum atomic E-state index is -1.09. The number of rotatable bonds is 50. The lowest BCUT2D eigenvalue weighted by atomic mass is 9.98. The average molecular weight is 1340 g/mol. The van der Waals surface area contributed by atoms with Crippen LogP contribution < -0.4 is 74.9 Å². The van der Waals surface area contributed by atoms with E-state index in [-0.39, 0.29) is 144 Å². The molecule has 0 aromatic carbocycles. The zero-order chi connectivity index (χ0) is 68.9. The summed E-state index contributed by atoms with van der Waals surface area (Å²) in [5.74, 6) is -2.22. The molecular weight excluding hydrogens is 1220 g/mol. The normalized spacial score (nSPS) is 19.2. The molecule has 0 saturated carbocycles. The summed E-state index contributed by atoms with van der Waals surface area (Å²) in [6, 6.07) is -4.05. The van der Waals surface area contributed by atoms with Crippen molar-refractivity contribution in [2.45, 2.75) is 177 Å². The maximum Gasteiger partial charge on any atom is 0.321 e.